The number of hydrogen-bond acceptors (Lipinski definition) is 3. The topological polar surface area (TPSA) is 49.3 Å². The van der Waals surface area contributed by atoms with E-state index in [9.17, 15) is 9.90 Å². The number of carbonyl (C=O) groups is 1. The number of amides is 1. The lowest BCUT2D eigenvalue weighted by atomic mass is 10.1. The third-order valence-corrected chi connectivity index (χ3v) is 3.94. The van der Waals surface area contributed by atoms with Crippen molar-refractivity contribution in [2.24, 2.45) is 0 Å². The zero-order valence-electron chi connectivity index (χ0n) is 12.2. The molecule has 0 saturated heterocycles. The number of hydrogen-bond donors (Lipinski definition) is 2. The van der Waals surface area contributed by atoms with Crippen LogP contribution in [-0.4, -0.2) is 17.6 Å². The Labute approximate surface area is 128 Å². The minimum Gasteiger partial charge on any atom is -0.387 e. The largest absolute Gasteiger partial charge is 0.387 e. The number of carbonyl (C=O) groups excluding carboxylic acids is 1. The predicted molar refractivity (Wildman–Crippen MR) is 87.2 cm³/mol. The quantitative estimate of drug-likeness (QED) is 0.833. The van der Waals surface area contributed by atoms with E-state index in [1.807, 2.05) is 42.8 Å². The first kappa shape index (κ1) is 15.5. The summed E-state index contributed by atoms with van der Waals surface area (Å²) in [4.78, 5) is 11.8. The minimum absolute atomic E-state index is 0.204. The summed E-state index contributed by atoms with van der Waals surface area (Å²) in [6.45, 7) is 4.27. The molecule has 2 rings (SSSR count). The molecular formula is C17H19NO2S. The van der Waals surface area contributed by atoms with E-state index >= 15 is 0 Å². The number of thiophene rings is 1. The normalized spacial score (nSPS) is 12.5. The van der Waals surface area contributed by atoms with Crippen molar-refractivity contribution in [1.82, 2.24) is 5.32 Å². The van der Waals surface area contributed by atoms with Crippen LogP contribution in [0, 0.1) is 13.8 Å². The van der Waals surface area contributed by atoms with Gasteiger partial charge in [0.05, 0.1) is 6.10 Å². The number of benzene rings is 1. The highest BCUT2D eigenvalue weighted by atomic mass is 32.1. The third-order valence-electron chi connectivity index (χ3n) is 3.24. The highest BCUT2D eigenvalue weighted by Gasteiger charge is 2.08. The summed E-state index contributed by atoms with van der Waals surface area (Å²) >= 11 is 1.53. The van der Waals surface area contributed by atoms with Crippen LogP contribution < -0.4 is 5.32 Å². The molecule has 1 heterocycles. The van der Waals surface area contributed by atoms with Crippen LogP contribution in [0.1, 0.15) is 28.4 Å². The monoisotopic (exact) mass is 301 g/mol. The van der Waals surface area contributed by atoms with Gasteiger partial charge in [-0.25, -0.2) is 0 Å². The van der Waals surface area contributed by atoms with Crippen molar-refractivity contribution in [1.29, 1.82) is 0 Å². The van der Waals surface area contributed by atoms with E-state index in [1.54, 1.807) is 6.08 Å². The molecule has 0 radical (unpaired) electrons. The molecule has 0 saturated carbocycles. The van der Waals surface area contributed by atoms with Crippen molar-refractivity contribution in [2.75, 3.05) is 6.54 Å². The first-order valence-corrected chi connectivity index (χ1v) is 7.74. The van der Waals surface area contributed by atoms with E-state index in [-0.39, 0.29) is 12.5 Å². The van der Waals surface area contributed by atoms with Crippen molar-refractivity contribution >= 4 is 23.3 Å². The van der Waals surface area contributed by atoms with Crippen LogP contribution in [0.4, 0.5) is 0 Å². The Hall–Kier alpha value is -1.91. The number of rotatable bonds is 5. The van der Waals surface area contributed by atoms with Crippen LogP contribution in [0.2, 0.25) is 0 Å². The van der Waals surface area contributed by atoms with Crippen molar-refractivity contribution < 1.29 is 9.90 Å². The average molecular weight is 301 g/mol. The van der Waals surface area contributed by atoms with E-state index in [2.05, 4.69) is 11.4 Å². The zero-order chi connectivity index (χ0) is 15.2. The highest BCUT2D eigenvalue weighted by molar-refractivity contribution is 7.07. The molecule has 110 valence electrons. The summed E-state index contributed by atoms with van der Waals surface area (Å²) in [7, 11) is 0. The molecule has 1 amide bonds. The van der Waals surface area contributed by atoms with Gasteiger partial charge in [0.25, 0.3) is 0 Å². The van der Waals surface area contributed by atoms with Gasteiger partial charge in [0.15, 0.2) is 0 Å². The molecule has 0 aliphatic carbocycles. The molecule has 0 fully saturated rings. The molecule has 4 heteroatoms. The Morgan fingerprint density at radius 3 is 2.86 bits per heavy atom. The number of nitrogens with one attached hydrogen (secondary N) is 1. The van der Waals surface area contributed by atoms with E-state index < -0.39 is 6.10 Å². The first-order chi connectivity index (χ1) is 10.1. The van der Waals surface area contributed by atoms with Gasteiger partial charge in [-0.1, -0.05) is 23.8 Å². The molecule has 21 heavy (non-hydrogen) atoms. The molecular weight excluding hydrogens is 282 g/mol. The predicted octanol–water partition coefficient (Wildman–Crippen LogP) is 3.23. The molecule has 0 spiro atoms. The second-order valence-electron chi connectivity index (χ2n) is 5.01. The SMILES string of the molecule is Cc1ccc(/C=C/C(=O)NCC(O)c2ccsc2)c(C)c1. The maximum absolute atomic E-state index is 11.8. The van der Waals surface area contributed by atoms with Crippen LogP contribution in [0.3, 0.4) is 0 Å². The Kier molecular flexibility index (Phi) is 5.31. The number of aliphatic hydroxyl groups excluding tert-OH is 1. The van der Waals surface area contributed by atoms with Crippen molar-refractivity contribution in [3.8, 4) is 0 Å². The van der Waals surface area contributed by atoms with Gasteiger partial charge in [-0.3, -0.25) is 4.79 Å². The molecule has 1 unspecified atom stereocenters. The fourth-order valence-corrected chi connectivity index (χ4v) is 2.72. The summed E-state index contributed by atoms with van der Waals surface area (Å²) in [5.74, 6) is -0.204. The van der Waals surface area contributed by atoms with E-state index in [0.29, 0.717) is 0 Å². The standard InChI is InChI=1S/C17H19NO2S/c1-12-3-4-14(13(2)9-12)5-6-17(20)18-10-16(19)15-7-8-21-11-15/h3-9,11,16,19H,10H2,1-2H3,(H,18,20)/b6-5+. The van der Waals surface area contributed by atoms with Gasteiger partial charge in [-0.05, 0) is 53.4 Å². The van der Waals surface area contributed by atoms with Gasteiger partial charge in [-0.2, -0.15) is 11.3 Å². The lowest BCUT2D eigenvalue weighted by Crippen LogP contribution is -2.26. The lowest BCUT2D eigenvalue weighted by molar-refractivity contribution is -0.116. The van der Waals surface area contributed by atoms with Gasteiger partial charge in [0.1, 0.15) is 0 Å². The van der Waals surface area contributed by atoms with Crippen molar-refractivity contribution in [2.45, 2.75) is 20.0 Å². The Balaban J connectivity index is 1.88. The summed E-state index contributed by atoms with van der Waals surface area (Å²) in [6.07, 6.45) is 2.63. The average Bonchev–Trinajstić information content (AvgIpc) is 2.98. The molecule has 0 bridgehead atoms. The Bertz CT molecular complexity index is 632. The maximum atomic E-state index is 11.8. The van der Waals surface area contributed by atoms with Crippen LogP contribution in [-0.2, 0) is 4.79 Å². The summed E-state index contributed by atoms with van der Waals surface area (Å²) in [5.41, 5.74) is 4.19. The van der Waals surface area contributed by atoms with E-state index in [4.69, 9.17) is 0 Å². The molecule has 3 nitrogen and oxygen atoms in total. The molecule has 2 aromatic rings. The zero-order valence-corrected chi connectivity index (χ0v) is 13.0. The Morgan fingerprint density at radius 2 is 2.19 bits per heavy atom. The maximum Gasteiger partial charge on any atom is 0.244 e. The summed E-state index contributed by atoms with van der Waals surface area (Å²) in [6, 6.07) is 7.95. The number of aliphatic hydroxyl groups is 1. The summed E-state index contributed by atoms with van der Waals surface area (Å²) < 4.78 is 0. The molecule has 0 aliphatic rings. The van der Waals surface area contributed by atoms with Crippen molar-refractivity contribution in [3.63, 3.8) is 0 Å². The van der Waals surface area contributed by atoms with Crippen LogP contribution in [0.25, 0.3) is 6.08 Å². The summed E-state index contributed by atoms with van der Waals surface area (Å²) in [5, 5.41) is 16.4. The second-order valence-corrected chi connectivity index (χ2v) is 5.79. The van der Waals surface area contributed by atoms with Gasteiger partial charge in [0, 0.05) is 12.6 Å². The van der Waals surface area contributed by atoms with E-state index in [0.717, 1.165) is 16.7 Å². The van der Waals surface area contributed by atoms with Gasteiger partial charge in [-0.15, -0.1) is 0 Å². The molecule has 1 atom stereocenters. The minimum atomic E-state index is -0.658. The lowest BCUT2D eigenvalue weighted by Gasteiger charge is -2.09. The Morgan fingerprint density at radius 1 is 1.38 bits per heavy atom. The smallest absolute Gasteiger partial charge is 0.244 e. The molecule has 1 aromatic carbocycles. The number of aryl methyl sites for hydroxylation is 2. The molecule has 2 N–H and O–H groups in total. The van der Waals surface area contributed by atoms with Crippen LogP contribution >= 0.6 is 11.3 Å². The third kappa shape index (κ3) is 4.55. The van der Waals surface area contributed by atoms with Crippen molar-refractivity contribution in [3.05, 3.63) is 63.4 Å². The van der Waals surface area contributed by atoms with Gasteiger partial charge >= 0.3 is 0 Å². The van der Waals surface area contributed by atoms with E-state index in [1.165, 1.54) is 23.0 Å². The van der Waals surface area contributed by atoms with Crippen LogP contribution in [0.5, 0.6) is 0 Å². The highest BCUT2D eigenvalue weighted by Crippen LogP contribution is 2.15. The van der Waals surface area contributed by atoms with Crippen LogP contribution in [0.15, 0.2) is 41.1 Å². The molecule has 0 aliphatic heterocycles. The fourth-order valence-electron chi connectivity index (χ4n) is 2.02. The second kappa shape index (κ2) is 7.20. The first-order valence-electron chi connectivity index (χ1n) is 6.79. The van der Waals surface area contributed by atoms with Gasteiger partial charge in [0.2, 0.25) is 5.91 Å². The van der Waals surface area contributed by atoms with Gasteiger partial charge < -0.3 is 10.4 Å². The fraction of sp³-hybridized carbons (Fsp3) is 0.235. The molecule has 1 aromatic heterocycles.